The van der Waals surface area contributed by atoms with Crippen LogP contribution in [-0.2, 0) is 22.7 Å². The average molecular weight is 382 g/mol. The van der Waals surface area contributed by atoms with Crippen molar-refractivity contribution in [2.75, 3.05) is 7.11 Å². The van der Waals surface area contributed by atoms with E-state index in [1.165, 1.54) is 0 Å². The molecule has 3 rings (SSSR count). The van der Waals surface area contributed by atoms with Crippen LogP contribution in [0.3, 0.4) is 0 Å². The number of esters is 1. The lowest BCUT2D eigenvalue weighted by Crippen LogP contribution is -2.06. The Labute approximate surface area is 163 Å². The summed E-state index contributed by atoms with van der Waals surface area (Å²) in [5, 5.41) is 3.91. The predicted molar refractivity (Wildman–Crippen MR) is 102 cm³/mol. The molecule has 0 spiro atoms. The summed E-state index contributed by atoms with van der Waals surface area (Å²) in [6.07, 6.45) is 0.154. The number of methoxy groups -OCH3 is 1. The molecule has 7 nitrogen and oxygen atoms in total. The fourth-order valence-electron chi connectivity index (χ4n) is 2.40. The van der Waals surface area contributed by atoms with E-state index in [0.29, 0.717) is 23.7 Å². The third kappa shape index (κ3) is 5.17. The van der Waals surface area contributed by atoms with E-state index in [1.807, 2.05) is 44.2 Å². The Morgan fingerprint density at radius 3 is 2.61 bits per heavy atom. The molecule has 0 amide bonds. The zero-order chi connectivity index (χ0) is 19.9. The third-order valence-electron chi connectivity index (χ3n) is 3.90. The highest BCUT2D eigenvalue weighted by atomic mass is 16.6. The van der Waals surface area contributed by atoms with Gasteiger partial charge in [-0.15, -0.1) is 0 Å². The molecule has 0 radical (unpaired) electrons. The minimum absolute atomic E-state index is 0.103. The van der Waals surface area contributed by atoms with Gasteiger partial charge >= 0.3 is 5.97 Å². The van der Waals surface area contributed by atoms with Crippen molar-refractivity contribution < 1.29 is 23.5 Å². The van der Waals surface area contributed by atoms with Crippen molar-refractivity contribution in [3.63, 3.8) is 0 Å². The second-order valence-electron chi connectivity index (χ2n) is 6.38. The molecule has 0 unspecified atom stereocenters. The van der Waals surface area contributed by atoms with Crippen molar-refractivity contribution in [3.8, 4) is 17.1 Å². The molecule has 0 aliphatic heterocycles. The molecular formula is C21H22N2O5. The molecule has 0 aliphatic rings. The van der Waals surface area contributed by atoms with Crippen molar-refractivity contribution in [2.45, 2.75) is 33.2 Å². The van der Waals surface area contributed by atoms with Crippen LogP contribution < -0.4 is 4.74 Å². The first kappa shape index (κ1) is 19.6. The van der Waals surface area contributed by atoms with E-state index in [0.717, 1.165) is 11.1 Å². The quantitative estimate of drug-likeness (QED) is 0.544. The molecule has 28 heavy (non-hydrogen) atoms. The van der Waals surface area contributed by atoms with Gasteiger partial charge in [-0.2, -0.15) is 4.98 Å². The van der Waals surface area contributed by atoms with Gasteiger partial charge in [-0.1, -0.05) is 29.4 Å². The van der Waals surface area contributed by atoms with Gasteiger partial charge < -0.3 is 18.7 Å². The number of hydrogen-bond donors (Lipinski definition) is 0. The highest BCUT2D eigenvalue weighted by Gasteiger charge is 2.13. The smallest absolute Gasteiger partial charge is 0.338 e. The van der Waals surface area contributed by atoms with Crippen LogP contribution in [0.25, 0.3) is 11.4 Å². The molecule has 3 aromatic rings. The number of hydrogen-bond acceptors (Lipinski definition) is 7. The molecule has 0 aliphatic carbocycles. The SMILES string of the molecule is COc1cccc(-c2noc(COC(=O)c3ccc(COC(C)C)cc3)n2)c1. The molecular weight excluding hydrogens is 360 g/mol. The monoisotopic (exact) mass is 382 g/mol. The van der Waals surface area contributed by atoms with E-state index in [4.69, 9.17) is 18.7 Å². The van der Waals surface area contributed by atoms with Gasteiger partial charge in [-0.05, 0) is 43.7 Å². The zero-order valence-corrected chi connectivity index (χ0v) is 16.0. The highest BCUT2D eigenvalue weighted by Crippen LogP contribution is 2.21. The lowest BCUT2D eigenvalue weighted by Gasteiger charge is -2.08. The Bertz CT molecular complexity index is 919. The van der Waals surface area contributed by atoms with Crippen LogP contribution in [0.1, 0.15) is 35.7 Å². The first-order valence-corrected chi connectivity index (χ1v) is 8.90. The minimum Gasteiger partial charge on any atom is -0.497 e. The lowest BCUT2D eigenvalue weighted by molar-refractivity contribution is 0.0429. The summed E-state index contributed by atoms with van der Waals surface area (Å²) in [4.78, 5) is 16.4. The number of nitrogens with zero attached hydrogens (tertiary/aromatic N) is 2. The molecule has 0 saturated carbocycles. The molecule has 1 aromatic heterocycles. The fraction of sp³-hybridized carbons (Fsp3) is 0.286. The Morgan fingerprint density at radius 1 is 1.11 bits per heavy atom. The van der Waals surface area contributed by atoms with E-state index in [2.05, 4.69) is 10.1 Å². The Kier molecular flexibility index (Phi) is 6.39. The van der Waals surface area contributed by atoms with Crippen molar-refractivity contribution in [1.82, 2.24) is 10.1 Å². The predicted octanol–water partition coefficient (Wildman–Crippen LogP) is 4.03. The normalized spacial score (nSPS) is 10.9. The van der Waals surface area contributed by atoms with Gasteiger partial charge in [0.1, 0.15) is 5.75 Å². The van der Waals surface area contributed by atoms with Crippen molar-refractivity contribution in [2.24, 2.45) is 0 Å². The van der Waals surface area contributed by atoms with Crippen molar-refractivity contribution in [1.29, 1.82) is 0 Å². The van der Waals surface area contributed by atoms with E-state index in [9.17, 15) is 4.79 Å². The molecule has 1 heterocycles. The Morgan fingerprint density at radius 2 is 1.89 bits per heavy atom. The van der Waals surface area contributed by atoms with Crippen LogP contribution >= 0.6 is 0 Å². The zero-order valence-electron chi connectivity index (χ0n) is 16.0. The summed E-state index contributed by atoms with van der Waals surface area (Å²) in [7, 11) is 1.59. The maximum Gasteiger partial charge on any atom is 0.338 e. The van der Waals surface area contributed by atoms with E-state index in [1.54, 1.807) is 25.3 Å². The summed E-state index contributed by atoms with van der Waals surface area (Å²) < 4.78 is 21.1. The first-order valence-electron chi connectivity index (χ1n) is 8.90. The van der Waals surface area contributed by atoms with Gasteiger partial charge in [0.25, 0.3) is 5.89 Å². The largest absolute Gasteiger partial charge is 0.497 e. The van der Waals surface area contributed by atoms with Crippen LogP contribution in [0.5, 0.6) is 5.75 Å². The average Bonchev–Trinajstić information content (AvgIpc) is 3.20. The summed E-state index contributed by atoms with van der Waals surface area (Å²) in [5.74, 6) is 0.850. The van der Waals surface area contributed by atoms with E-state index >= 15 is 0 Å². The standard InChI is InChI=1S/C21H22N2O5/c1-14(2)26-12-15-7-9-16(10-8-15)21(24)27-13-19-22-20(23-28-19)17-5-4-6-18(11-17)25-3/h4-11,14H,12-13H2,1-3H3. The van der Waals surface area contributed by atoms with Gasteiger partial charge in [0.05, 0.1) is 25.4 Å². The third-order valence-corrected chi connectivity index (χ3v) is 3.90. The summed E-state index contributed by atoms with van der Waals surface area (Å²) in [6.45, 7) is 4.35. The van der Waals surface area contributed by atoms with Gasteiger partial charge in [-0.25, -0.2) is 4.79 Å². The topological polar surface area (TPSA) is 83.7 Å². The highest BCUT2D eigenvalue weighted by molar-refractivity contribution is 5.89. The second kappa shape index (κ2) is 9.14. The van der Waals surface area contributed by atoms with E-state index < -0.39 is 5.97 Å². The minimum atomic E-state index is -0.461. The molecule has 0 fully saturated rings. The number of ether oxygens (including phenoxy) is 3. The summed E-state index contributed by atoms with van der Waals surface area (Å²) in [5.41, 5.74) is 2.19. The van der Waals surface area contributed by atoms with Crippen molar-refractivity contribution >= 4 is 5.97 Å². The molecule has 0 saturated heterocycles. The maximum atomic E-state index is 12.2. The molecule has 0 N–H and O–H groups in total. The molecule has 2 aromatic carbocycles. The molecule has 146 valence electrons. The number of carbonyl (C=O) groups excluding carboxylic acids is 1. The van der Waals surface area contributed by atoms with Crippen LogP contribution in [-0.4, -0.2) is 29.3 Å². The molecule has 0 atom stereocenters. The number of carbonyl (C=O) groups is 1. The van der Waals surface area contributed by atoms with Crippen LogP contribution in [0, 0.1) is 0 Å². The number of aromatic nitrogens is 2. The number of benzene rings is 2. The lowest BCUT2D eigenvalue weighted by atomic mass is 10.1. The molecule has 7 heteroatoms. The fourth-order valence-corrected chi connectivity index (χ4v) is 2.40. The van der Waals surface area contributed by atoms with Gasteiger partial charge in [0.2, 0.25) is 5.82 Å². The molecule has 0 bridgehead atoms. The van der Waals surface area contributed by atoms with Gasteiger partial charge in [0.15, 0.2) is 6.61 Å². The number of rotatable bonds is 8. The first-order chi connectivity index (χ1) is 13.5. The second-order valence-corrected chi connectivity index (χ2v) is 6.38. The maximum absolute atomic E-state index is 12.2. The summed E-state index contributed by atoms with van der Waals surface area (Å²) in [6, 6.07) is 14.4. The van der Waals surface area contributed by atoms with Gasteiger partial charge in [-0.3, -0.25) is 0 Å². The van der Waals surface area contributed by atoms with Crippen LogP contribution in [0.2, 0.25) is 0 Å². The Hall–Kier alpha value is -3.19. The van der Waals surface area contributed by atoms with Crippen LogP contribution in [0.15, 0.2) is 53.1 Å². The Balaban J connectivity index is 1.57. The summed E-state index contributed by atoms with van der Waals surface area (Å²) >= 11 is 0. The van der Waals surface area contributed by atoms with Gasteiger partial charge in [0, 0.05) is 5.56 Å². The van der Waals surface area contributed by atoms with E-state index in [-0.39, 0.29) is 18.6 Å². The van der Waals surface area contributed by atoms with Crippen molar-refractivity contribution in [3.05, 3.63) is 65.5 Å². The van der Waals surface area contributed by atoms with Crippen LogP contribution in [0.4, 0.5) is 0 Å².